The van der Waals surface area contributed by atoms with Crippen LogP contribution in [0.4, 0.5) is 5.69 Å². The molecule has 1 saturated heterocycles. The van der Waals surface area contributed by atoms with E-state index in [1.54, 1.807) is 4.90 Å². The van der Waals surface area contributed by atoms with Crippen LogP contribution in [-0.2, 0) is 32.7 Å². The Bertz CT molecular complexity index is 1140. The van der Waals surface area contributed by atoms with Gasteiger partial charge in [0.1, 0.15) is 6.54 Å². The van der Waals surface area contributed by atoms with E-state index in [1.807, 2.05) is 24.3 Å². The molecule has 172 valence electrons. The van der Waals surface area contributed by atoms with Gasteiger partial charge in [-0.3, -0.25) is 13.9 Å². The van der Waals surface area contributed by atoms with E-state index in [4.69, 9.17) is 34.8 Å². The van der Waals surface area contributed by atoms with Crippen LogP contribution < -0.4 is 9.62 Å². The Morgan fingerprint density at radius 3 is 2.38 bits per heavy atom. The number of rotatable bonds is 8. The second kappa shape index (κ2) is 10.3. The summed E-state index contributed by atoms with van der Waals surface area (Å²) in [5.41, 5.74) is 1.83. The van der Waals surface area contributed by atoms with E-state index in [9.17, 15) is 18.0 Å². The van der Waals surface area contributed by atoms with Gasteiger partial charge in [-0.25, -0.2) is 8.42 Å². The Morgan fingerprint density at radius 2 is 1.75 bits per heavy atom. The first-order valence-electron chi connectivity index (χ1n) is 9.80. The molecule has 1 N–H and O–H groups in total. The third-order valence-corrected chi connectivity index (χ3v) is 7.22. The normalized spacial score (nSPS) is 14.0. The van der Waals surface area contributed by atoms with Gasteiger partial charge in [0.05, 0.1) is 27.0 Å². The fourth-order valence-electron chi connectivity index (χ4n) is 3.43. The minimum Gasteiger partial charge on any atom is -0.350 e. The summed E-state index contributed by atoms with van der Waals surface area (Å²) in [4.78, 5) is 26.4. The van der Waals surface area contributed by atoms with Crippen molar-refractivity contribution in [2.24, 2.45) is 0 Å². The van der Waals surface area contributed by atoms with E-state index in [2.05, 4.69) is 5.32 Å². The first-order chi connectivity index (χ1) is 15.1. The third-order valence-electron chi connectivity index (χ3n) is 5.07. The number of sulfonamides is 1. The molecule has 3 rings (SSSR count). The molecule has 0 unspecified atom stereocenters. The monoisotopic (exact) mass is 517 g/mol. The van der Waals surface area contributed by atoms with Crippen LogP contribution in [0.1, 0.15) is 24.0 Å². The van der Waals surface area contributed by atoms with Crippen LogP contribution in [0.15, 0.2) is 36.4 Å². The highest BCUT2D eigenvalue weighted by molar-refractivity contribution is 7.92. The van der Waals surface area contributed by atoms with Gasteiger partial charge in [0, 0.05) is 26.1 Å². The number of amides is 2. The highest BCUT2D eigenvalue weighted by Gasteiger charge is 2.25. The van der Waals surface area contributed by atoms with Crippen molar-refractivity contribution in [1.29, 1.82) is 0 Å². The van der Waals surface area contributed by atoms with Crippen molar-refractivity contribution in [3.63, 3.8) is 0 Å². The molecule has 2 amide bonds. The molecule has 2 aromatic carbocycles. The molecular formula is C21H22Cl3N3O4S. The van der Waals surface area contributed by atoms with Crippen LogP contribution in [0.25, 0.3) is 0 Å². The summed E-state index contributed by atoms with van der Waals surface area (Å²) in [7, 11) is -3.84. The van der Waals surface area contributed by atoms with Gasteiger partial charge in [0.15, 0.2) is 0 Å². The molecular weight excluding hydrogens is 497 g/mol. The summed E-state index contributed by atoms with van der Waals surface area (Å²) in [5.74, 6) is -0.407. The maximum Gasteiger partial charge on any atom is 0.241 e. The number of hydrogen-bond acceptors (Lipinski definition) is 4. The number of likely N-dealkylation sites (tertiary alicyclic amines) is 1. The van der Waals surface area contributed by atoms with Gasteiger partial charge in [-0.05, 0) is 29.7 Å². The lowest BCUT2D eigenvalue weighted by Crippen LogP contribution is -2.40. The minimum absolute atomic E-state index is 0.0539. The zero-order valence-corrected chi connectivity index (χ0v) is 20.4. The lowest BCUT2D eigenvalue weighted by molar-refractivity contribution is -0.128. The fraction of sp³-hybridized carbons (Fsp3) is 0.333. The Morgan fingerprint density at radius 1 is 1.09 bits per heavy atom. The van der Waals surface area contributed by atoms with E-state index < -0.39 is 22.5 Å². The van der Waals surface area contributed by atoms with Gasteiger partial charge >= 0.3 is 0 Å². The number of halogens is 3. The summed E-state index contributed by atoms with van der Waals surface area (Å²) in [6.07, 6.45) is 2.37. The molecule has 2 aromatic rings. The first kappa shape index (κ1) is 24.6. The molecule has 1 fully saturated rings. The molecule has 1 aliphatic heterocycles. The summed E-state index contributed by atoms with van der Waals surface area (Å²) in [6, 6.07) is 10.1. The smallest absolute Gasteiger partial charge is 0.241 e. The molecule has 7 nitrogen and oxygen atoms in total. The summed E-state index contributed by atoms with van der Waals surface area (Å²) in [5, 5.41) is 3.09. The summed E-state index contributed by atoms with van der Waals surface area (Å²) in [6.45, 7) is 0.888. The largest absolute Gasteiger partial charge is 0.350 e. The number of benzene rings is 2. The second-order valence-corrected chi connectivity index (χ2v) is 10.6. The average molecular weight is 519 g/mol. The van der Waals surface area contributed by atoms with Gasteiger partial charge in [-0.2, -0.15) is 0 Å². The van der Waals surface area contributed by atoms with Crippen LogP contribution in [0.5, 0.6) is 0 Å². The van der Waals surface area contributed by atoms with E-state index in [0.717, 1.165) is 28.1 Å². The first-order valence-corrected chi connectivity index (χ1v) is 12.8. The highest BCUT2D eigenvalue weighted by atomic mass is 35.5. The van der Waals surface area contributed by atoms with E-state index in [1.165, 1.54) is 12.1 Å². The zero-order chi connectivity index (χ0) is 23.5. The van der Waals surface area contributed by atoms with Crippen molar-refractivity contribution in [3.8, 4) is 0 Å². The molecule has 11 heteroatoms. The van der Waals surface area contributed by atoms with Crippen molar-refractivity contribution in [2.75, 3.05) is 23.7 Å². The van der Waals surface area contributed by atoms with E-state index in [-0.39, 0.29) is 33.2 Å². The molecule has 1 heterocycles. The molecule has 0 saturated carbocycles. The predicted octanol–water partition coefficient (Wildman–Crippen LogP) is 3.85. The van der Waals surface area contributed by atoms with Crippen LogP contribution in [0, 0.1) is 0 Å². The van der Waals surface area contributed by atoms with Crippen LogP contribution in [-0.4, -0.2) is 44.5 Å². The quantitative estimate of drug-likeness (QED) is 0.538. The van der Waals surface area contributed by atoms with Gasteiger partial charge in [0.25, 0.3) is 0 Å². The minimum atomic E-state index is -3.84. The van der Waals surface area contributed by atoms with Gasteiger partial charge in [-0.15, -0.1) is 0 Å². The molecule has 32 heavy (non-hydrogen) atoms. The molecule has 0 radical (unpaired) electrons. The van der Waals surface area contributed by atoms with Gasteiger partial charge < -0.3 is 10.2 Å². The lowest BCUT2D eigenvalue weighted by atomic mass is 10.1. The van der Waals surface area contributed by atoms with Crippen LogP contribution in [0.2, 0.25) is 15.1 Å². The number of hydrogen-bond donors (Lipinski definition) is 1. The summed E-state index contributed by atoms with van der Waals surface area (Å²) < 4.78 is 25.6. The molecule has 0 aliphatic carbocycles. The van der Waals surface area contributed by atoms with Crippen molar-refractivity contribution >= 4 is 62.3 Å². The van der Waals surface area contributed by atoms with Crippen molar-refractivity contribution in [2.45, 2.75) is 25.9 Å². The van der Waals surface area contributed by atoms with Crippen molar-refractivity contribution < 1.29 is 18.0 Å². The Labute approximate surface area is 202 Å². The Kier molecular flexibility index (Phi) is 7.92. The van der Waals surface area contributed by atoms with E-state index in [0.29, 0.717) is 19.5 Å². The zero-order valence-electron chi connectivity index (χ0n) is 17.3. The summed E-state index contributed by atoms with van der Waals surface area (Å²) >= 11 is 18.1. The molecule has 0 spiro atoms. The number of nitrogens with one attached hydrogen (secondary N) is 1. The van der Waals surface area contributed by atoms with Crippen molar-refractivity contribution in [1.82, 2.24) is 10.2 Å². The predicted molar refractivity (Wildman–Crippen MR) is 127 cm³/mol. The lowest BCUT2D eigenvalue weighted by Gasteiger charge is -2.23. The average Bonchev–Trinajstić information content (AvgIpc) is 3.12. The van der Waals surface area contributed by atoms with Crippen LogP contribution in [0.3, 0.4) is 0 Å². The van der Waals surface area contributed by atoms with Gasteiger partial charge in [-0.1, -0.05) is 59.1 Å². The third kappa shape index (κ3) is 6.07. The molecule has 0 atom stereocenters. The standard InChI is InChI=1S/C21H22Cl3N3O4S/c1-32(30,31)27(19-10-17(23)16(22)9-18(19)24)13-20(28)25-11-14-5-2-3-6-15(14)12-26-8-4-7-21(26)29/h2-3,5-6,9-10H,4,7-8,11-13H2,1H3,(H,25,28). The molecule has 0 aromatic heterocycles. The number of anilines is 1. The maximum absolute atomic E-state index is 12.6. The number of carbonyl (C=O) groups is 2. The second-order valence-electron chi connectivity index (χ2n) is 7.45. The highest BCUT2D eigenvalue weighted by Crippen LogP contribution is 2.35. The maximum atomic E-state index is 12.6. The Balaban J connectivity index is 1.72. The topological polar surface area (TPSA) is 86.8 Å². The van der Waals surface area contributed by atoms with Crippen molar-refractivity contribution in [3.05, 3.63) is 62.6 Å². The molecule has 1 aliphatic rings. The SMILES string of the molecule is CS(=O)(=O)N(CC(=O)NCc1ccccc1CN1CCCC1=O)c1cc(Cl)c(Cl)cc1Cl. The fourth-order valence-corrected chi connectivity index (χ4v) is 4.98. The van der Waals surface area contributed by atoms with Gasteiger partial charge in [0.2, 0.25) is 21.8 Å². The number of nitrogens with zero attached hydrogens (tertiary/aromatic N) is 2. The molecule has 0 bridgehead atoms. The Hall–Kier alpha value is -2.00. The van der Waals surface area contributed by atoms with E-state index >= 15 is 0 Å². The van der Waals surface area contributed by atoms with Crippen LogP contribution >= 0.6 is 34.8 Å². The number of carbonyl (C=O) groups excluding carboxylic acids is 2.